The van der Waals surface area contributed by atoms with Crippen LogP contribution in [-0.2, 0) is 0 Å². The summed E-state index contributed by atoms with van der Waals surface area (Å²) >= 11 is 0. The van der Waals surface area contributed by atoms with Crippen LogP contribution in [0.1, 0.15) is 40.0 Å². The fourth-order valence-corrected chi connectivity index (χ4v) is 3.73. The Hall–Kier alpha value is -3.93. The van der Waals surface area contributed by atoms with Crippen molar-refractivity contribution in [3.8, 4) is 11.3 Å². The van der Waals surface area contributed by atoms with Gasteiger partial charge in [0.1, 0.15) is 22.7 Å². The van der Waals surface area contributed by atoms with Gasteiger partial charge in [-0.15, -0.1) is 0 Å². The van der Waals surface area contributed by atoms with Crippen LogP contribution in [0.5, 0.6) is 0 Å². The van der Waals surface area contributed by atoms with Crippen LogP contribution in [0.15, 0.2) is 70.0 Å². The van der Waals surface area contributed by atoms with Gasteiger partial charge in [-0.1, -0.05) is 36.4 Å². The summed E-state index contributed by atoms with van der Waals surface area (Å²) in [6.07, 6.45) is 1.53. The maximum absolute atomic E-state index is 13.2. The van der Waals surface area contributed by atoms with Gasteiger partial charge in [-0.2, -0.15) is 0 Å². The highest BCUT2D eigenvalue weighted by atomic mass is 16.4. The molecule has 4 rings (SSSR count). The number of aryl methyl sites for hydroxylation is 1. The second-order valence-electron chi connectivity index (χ2n) is 7.55. The number of carboxylic acid groups (broad SMARTS) is 1. The summed E-state index contributed by atoms with van der Waals surface area (Å²) in [5.74, 6) is -0.278. The van der Waals surface area contributed by atoms with E-state index in [4.69, 9.17) is 4.42 Å². The summed E-state index contributed by atoms with van der Waals surface area (Å²) in [4.78, 5) is 28.9. The zero-order valence-corrected chi connectivity index (χ0v) is 17.5. The van der Waals surface area contributed by atoms with E-state index in [1.165, 1.54) is 12.3 Å². The van der Waals surface area contributed by atoms with Crippen LogP contribution in [0.2, 0.25) is 0 Å². The number of fused-ring (bicyclic) bond motifs is 1. The van der Waals surface area contributed by atoms with Crippen molar-refractivity contribution in [2.75, 3.05) is 5.32 Å². The fraction of sp³-hybridized carbons (Fsp3) is 0.160. The van der Waals surface area contributed by atoms with Gasteiger partial charge < -0.3 is 14.8 Å². The molecule has 0 bridgehead atoms. The number of carboxylic acids is 1. The molecule has 0 aliphatic heterocycles. The number of aromatic nitrogens is 1. The summed E-state index contributed by atoms with van der Waals surface area (Å²) < 4.78 is 6.31. The van der Waals surface area contributed by atoms with Gasteiger partial charge in [-0.3, -0.25) is 4.79 Å². The number of pyridine rings is 1. The summed E-state index contributed by atoms with van der Waals surface area (Å²) in [5.41, 5.74) is 3.52. The number of carbonyl (C=O) groups is 1. The lowest BCUT2D eigenvalue weighted by molar-refractivity contribution is 0.0697. The Bertz CT molecular complexity index is 1340. The smallest absolute Gasteiger partial charge is 0.339 e. The van der Waals surface area contributed by atoms with Crippen LogP contribution in [0.4, 0.5) is 5.82 Å². The van der Waals surface area contributed by atoms with E-state index in [9.17, 15) is 14.7 Å². The van der Waals surface area contributed by atoms with E-state index in [2.05, 4.69) is 10.3 Å². The van der Waals surface area contributed by atoms with Crippen molar-refractivity contribution in [2.24, 2.45) is 0 Å². The molecule has 1 atom stereocenters. The highest BCUT2D eigenvalue weighted by Gasteiger charge is 2.20. The first-order valence-electron chi connectivity index (χ1n) is 9.95. The number of nitrogens with one attached hydrogen (secondary N) is 1. The van der Waals surface area contributed by atoms with E-state index in [0.29, 0.717) is 22.3 Å². The van der Waals surface area contributed by atoms with Crippen molar-refractivity contribution in [3.63, 3.8) is 0 Å². The number of rotatable bonds is 5. The molecule has 31 heavy (non-hydrogen) atoms. The fourth-order valence-electron chi connectivity index (χ4n) is 3.73. The molecule has 0 amide bonds. The van der Waals surface area contributed by atoms with Gasteiger partial charge in [-0.05, 0) is 44.5 Å². The van der Waals surface area contributed by atoms with Crippen molar-refractivity contribution in [1.82, 2.24) is 4.98 Å². The van der Waals surface area contributed by atoms with Crippen LogP contribution in [-0.4, -0.2) is 16.1 Å². The molecule has 0 spiro atoms. The Labute approximate surface area is 179 Å². The summed E-state index contributed by atoms with van der Waals surface area (Å²) in [5, 5.41) is 13.1. The largest absolute Gasteiger partial charge is 0.478 e. The summed E-state index contributed by atoms with van der Waals surface area (Å²) in [6, 6.07) is 16.0. The molecule has 1 unspecified atom stereocenters. The first kappa shape index (κ1) is 20.3. The minimum Gasteiger partial charge on any atom is -0.478 e. The molecule has 0 radical (unpaired) electrons. The third-order valence-electron chi connectivity index (χ3n) is 5.29. The average Bonchev–Trinajstić information content (AvgIpc) is 2.77. The normalized spacial score (nSPS) is 12.0. The first-order chi connectivity index (χ1) is 14.9. The SMILES string of the molecule is Cc1cc(C(C)Nc2ncccc2C(=O)O)c2oc(-c3ccccc3)c(C)c(=O)c2c1. The van der Waals surface area contributed by atoms with Crippen LogP contribution in [0.25, 0.3) is 22.3 Å². The molecule has 0 saturated heterocycles. The number of anilines is 1. The molecule has 156 valence electrons. The molecule has 0 fully saturated rings. The maximum atomic E-state index is 13.2. The molecule has 0 aliphatic rings. The quantitative estimate of drug-likeness (QED) is 0.458. The standard InChI is InChI=1S/C25H22N2O4/c1-14-12-19(16(3)27-24-18(25(29)30)10-7-11-26-24)23-20(13-14)21(28)15(2)22(31-23)17-8-5-4-6-9-17/h4-13,16H,1-3H3,(H,26,27)(H,29,30). The lowest BCUT2D eigenvalue weighted by atomic mass is 9.99. The molecular formula is C25H22N2O4. The number of hydrogen-bond acceptors (Lipinski definition) is 5. The number of hydrogen-bond donors (Lipinski definition) is 2. The average molecular weight is 414 g/mol. The molecule has 0 saturated carbocycles. The van der Waals surface area contributed by atoms with Crippen LogP contribution < -0.4 is 10.7 Å². The molecule has 6 nitrogen and oxygen atoms in total. The van der Waals surface area contributed by atoms with Crippen LogP contribution in [0.3, 0.4) is 0 Å². The van der Waals surface area contributed by atoms with E-state index in [1.54, 1.807) is 13.0 Å². The Morgan fingerprint density at radius 1 is 1.10 bits per heavy atom. The van der Waals surface area contributed by atoms with E-state index in [0.717, 1.165) is 16.7 Å². The third kappa shape index (κ3) is 3.80. The van der Waals surface area contributed by atoms with Gasteiger partial charge in [0.05, 0.1) is 11.4 Å². The van der Waals surface area contributed by atoms with Crippen molar-refractivity contribution in [1.29, 1.82) is 0 Å². The van der Waals surface area contributed by atoms with Crippen molar-refractivity contribution >= 4 is 22.8 Å². The monoisotopic (exact) mass is 414 g/mol. The van der Waals surface area contributed by atoms with Gasteiger partial charge in [0, 0.05) is 22.9 Å². The Morgan fingerprint density at radius 2 is 1.84 bits per heavy atom. The summed E-state index contributed by atoms with van der Waals surface area (Å²) in [6.45, 7) is 5.57. The van der Waals surface area contributed by atoms with Crippen molar-refractivity contribution in [2.45, 2.75) is 26.8 Å². The lowest BCUT2D eigenvalue weighted by Crippen LogP contribution is -2.14. The molecule has 2 aromatic carbocycles. The van der Waals surface area contributed by atoms with E-state index < -0.39 is 5.97 Å². The molecule has 2 heterocycles. The van der Waals surface area contributed by atoms with Crippen LogP contribution >= 0.6 is 0 Å². The number of benzene rings is 2. The topological polar surface area (TPSA) is 92.4 Å². The highest BCUT2D eigenvalue weighted by molar-refractivity contribution is 5.93. The first-order valence-corrected chi connectivity index (χ1v) is 9.95. The molecule has 6 heteroatoms. The summed E-state index contributed by atoms with van der Waals surface area (Å²) in [7, 11) is 0. The van der Waals surface area contributed by atoms with Crippen molar-refractivity contribution < 1.29 is 14.3 Å². The van der Waals surface area contributed by atoms with E-state index in [-0.39, 0.29) is 22.9 Å². The van der Waals surface area contributed by atoms with Crippen LogP contribution in [0, 0.1) is 13.8 Å². The van der Waals surface area contributed by atoms with E-state index in [1.807, 2.05) is 56.3 Å². The van der Waals surface area contributed by atoms with Gasteiger partial charge >= 0.3 is 5.97 Å². The van der Waals surface area contributed by atoms with E-state index >= 15 is 0 Å². The molecule has 4 aromatic rings. The van der Waals surface area contributed by atoms with Gasteiger partial charge in [-0.25, -0.2) is 9.78 Å². The Morgan fingerprint density at radius 3 is 2.55 bits per heavy atom. The number of aromatic carboxylic acids is 1. The molecule has 2 N–H and O–H groups in total. The number of nitrogens with zero attached hydrogens (tertiary/aromatic N) is 1. The molecule has 0 aliphatic carbocycles. The third-order valence-corrected chi connectivity index (χ3v) is 5.29. The van der Waals surface area contributed by atoms with Gasteiger partial charge in [0.25, 0.3) is 0 Å². The molecular weight excluding hydrogens is 392 g/mol. The zero-order chi connectivity index (χ0) is 22.1. The molecule has 2 aromatic heterocycles. The van der Waals surface area contributed by atoms with Crippen molar-refractivity contribution in [3.05, 3.63) is 93.3 Å². The Balaban J connectivity index is 1.89. The minimum atomic E-state index is -1.06. The second kappa shape index (κ2) is 8.07. The zero-order valence-electron chi connectivity index (χ0n) is 17.5. The van der Waals surface area contributed by atoms with Gasteiger partial charge in [0.2, 0.25) is 0 Å². The predicted molar refractivity (Wildman–Crippen MR) is 121 cm³/mol. The highest BCUT2D eigenvalue weighted by Crippen LogP contribution is 2.32. The second-order valence-corrected chi connectivity index (χ2v) is 7.55. The lowest BCUT2D eigenvalue weighted by Gasteiger charge is -2.19. The maximum Gasteiger partial charge on any atom is 0.339 e. The predicted octanol–water partition coefficient (Wildman–Crippen LogP) is 5.34. The minimum absolute atomic E-state index is 0.0774. The van der Waals surface area contributed by atoms with Gasteiger partial charge in [0.15, 0.2) is 5.43 Å². The Kier molecular flexibility index (Phi) is 5.29.